The van der Waals surface area contributed by atoms with E-state index in [9.17, 15) is 9.50 Å². The van der Waals surface area contributed by atoms with Gasteiger partial charge in [0.25, 0.3) is 0 Å². The third-order valence-electron chi connectivity index (χ3n) is 4.58. The predicted octanol–water partition coefficient (Wildman–Crippen LogP) is 3.72. The number of aromatic nitrogens is 2. The summed E-state index contributed by atoms with van der Waals surface area (Å²) in [6, 6.07) is 5.47. The van der Waals surface area contributed by atoms with Crippen molar-refractivity contribution in [3.05, 3.63) is 42.0 Å². The fourth-order valence-corrected chi connectivity index (χ4v) is 3.35. The average molecular weight is 288 g/mol. The number of aliphatic hydroxyl groups excluding tert-OH is 1. The Morgan fingerprint density at radius 2 is 2.24 bits per heavy atom. The number of benzene rings is 1. The highest BCUT2D eigenvalue weighted by atomic mass is 19.1. The second-order valence-electron chi connectivity index (χ2n) is 5.94. The minimum absolute atomic E-state index is 0.195. The molecular weight excluding hydrogens is 267 g/mol. The molecule has 1 heterocycles. The van der Waals surface area contributed by atoms with E-state index in [-0.39, 0.29) is 12.4 Å². The van der Waals surface area contributed by atoms with E-state index in [2.05, 4.69) is 9.55 Å². The molecule has 3 rings (SSSR count). The number of halogens is 1. The number of imidazole rings is 1. The third kappa shape index (κ3) is 2.72. The van der Waals surface area contributed by atoms with E-state index in [0.29, 0.717) is 17.5 Å². The fraction of sp³-hybridized carbons (Fsp3) is 0.471. The first-order chi connectivity index (χ1) is 10.2. The molecule has 21 heavy (non-hydrogen) atoms. The molecule has 1 saturated carbocycles. The van der Waals surface area contributed by atoms with Crippen LogP contribution in [-0.2, 0) is 0 Å². The van der Waals surface area contributed by atoms with Gasteiger partial charge in [0.1, 0.15) is 11.6 Å². The summed E-state index contributed by atoms with van der Waals surface area (Å²) in [6.07, 6.45) is 8.03. The van der Waals surface area contributed by atoms with Crippen LogP contribution in [0.15, 0.2) is 30.6 Å². The summed E-state index contributed by atoms with van der Waals surface area (Å²) in [4.78, 5) is 4.45. The molecule has 3 nitrogen and oxygen atoms in total. The van der Waals surface area contributed by atoms with Crippen molar-refractivity contribution in [2.24, 2.45) is 5.92 Å². The first-order valence-corrected chi connectivity index (χ1v) is 7.60. The molecule has 4 heteroatoms. The second-order valence-corrected chi connectivity index (χ2v) is 5.94. The Labute approximate surface area is 124 Å². The van der Waals surface area contributed by atoms with E-state index in [1.54, 1.807) is 19.2 Å². The maximum Gasteiger partial charge on any atom is 0.140 e. The number of aliphatic hydroxyl groups is 1. The summed E-state index contributed by atoms with van der Waals surface area (Å²) < 4.78 is 15.9. The van der Waals surface area contributed by atoms with Gasteiger partial charge in [0.2, 0.25) is 0 Å². The normalized spacial score (nSPS) is 22.4. The highest BCUT2D eigenvalue weighted by Gasteiger charge is 2.25. The summed E-state index contributed by atoms with van der Waals surface area (Å²) in [5.41, 5.74) is 1.49. The van der Waals surface area contributed by atoms with Crippen LogP contribution in [0, 0.1) is 18.7 Å². The lowest BCUT2D eigenvalue weighted by Crippen LogP contribution is -2.21. The van der Waals surface area contributed by atoms with E-state index in [1.165, 1.54) is 6.07 Å². The van der Waals surface area contributed by atoms with Gasteiger partial charge in [0, 0.05) is 30.6 Å². The van der Waals surface area contributed by atoms with Crippen LogP contribution >= 0.6 is 0 Å². The number of rotatable bonds is 3. The summed E-state index contributed by atoms with van der Waals surface area (Å²) in [6.45, 7) is 2.04. The van der Waals surface area contributed by atoms with E-state index >= 15 is 0 Å². The minimum Gasteiger partial charge on any atom is -0.396 e. The zero-order valence-electron chi connectivity index (χ0n) is 12.3. The Balaban J connectivity index is 1.95. The molecule has 112 valence electrons. The maximum atomic E-state index is 13.8. The van der Waals surface area contributed by atoms with Gasteiger partial charge in [-0.3, -0.25) is 0 Å². The molecule has 2 atom stereocenters. The van der Waals surface area contributed by atoms with Gasteiger partial charge >= 0.3 is 0 Å². The molecule has 1 aliphatic carbocycles. The summed E-state index contributed by atoms with van der Waals surface area (Å²) in [7, 11) is 0. The van der Waals surface area contributed by atoms with E-state index in [4.69, 9.17) is 0 Å². The molecule has 1 fully saturated rings. The van der Waals surface area contributed by atoms with Gasteiger partial charge in [0.05, 0.1) is 0 Å². The summed E-state index contributed by atoms with van der Waals surface area (Å²) >= 11 is 0. The van der Waals surface area contributed by atoms with Gasteiger partial charge in [-0.15, -0.1) is 0 Å². The van der Waals surface area contributed by atoms with E-state index < -0.39 is 0 Å². The molecule has 0 radical (unpaired) electrons. The lowest BCUT2D eigenvalue weighted by Gasteiger charge is -2.30. The van der Waals surface area contributed by atoms with Crippen molar-refractivity contribution >= 4 is 0 Å². The first-order valence-electron chi connectivity index (χ1n) is 7.60. The van der Waals surface area contributed by atoms with Gasteiger partial charge in [0.15, 0.2) is 0 Å². The molecule has 0 saturated heterocycles. The highest BCUT2D eigenvalue weighted by Crippen LogP contribution is 2.35. The monoisotopic (exact) mass is 288 g/mol. The summed E-state index contributed by atoms with van der Waals surface area (Å²) in [5.74, 6) is 1.00. The standard InChI is InChI=1S/C17H21FN2O/c1-12-15(6-3-7-16(12)18)17-19-8-9-20(17)14-5-2-4-13(10-14)11-21/h3,6-9,13-14,21H,2,4-5,10-11H2,1H3/t13-,14-/m1/s1. The van der Waals surface area contributed by atoms with Crippen molar-refractivity contribution in [2.45, 2.75) is 38.6 Å². The Morgan fingerprint density at radius 3 is 3.05 bits per heavy atom. The molecule has 0 aliphatic heterocycles. The molecule has 2 aromatic rings. The average Bonchev–Trinajstić information content (AvgIpc) is 2.99. The number of nitrogens with zero attached hydrogens (tertiary/aromatic N) is 2. The zero-order chi connectivity index (χ0) is 14.8. The molecule has 0 amide bonds. The first kappa shape index (κ1) is 14.3. The Morgan fingerprint density at radius 1 is 1.38 bits per heavy atom. The van der Waals surface area contributed by atoms with Crippen LogP contribution in [0.2, 0.25) is 0 Å². The smallest absolute Gasteiger partial charge is 0.140 e. The van der Waals surface area contributed by atoms with Gasteiger partial charge < -0.3 is 9.67 Å². The minimum atomic E-state index is -0.195. The Kier molecular flexibility index (Phi) is 4.06. The fourth-order valence-electron chi connectivity index (χ4n) is 3.35. The molecular formula is C17H21FN2O. The third-order valence-corrected chi connectivity index (χ3v) is 4.58. The largest absolute Gasteiger partial charge is 0.396 e. The molecule has 1 aliphatic rings. The molecule has 1 aromatic heterocycles. The van der Waals surface area contributed by atoms with Crippen molar-refractivity contribution in [1.29, 1.82) is 0 Å². The highest BCUT2D eigenvalue weighted by molar-refractivity contribution is 5.60. The Bertz CT molecular complexity index is 623. The Hall–Kier alpha value is -1.68. The van der Waals surface area contributed by atoms with Crippen LogP contribution in [0.1, 0.15) is 37.3 Å². The predicted molar refractivity (Wildman–Crippen MR) is 80.4 cm³/mol. The van der Waals surface area contributed by atoms with Crippen LogP contribution in [0.3, 0.4) is 0 Å². The van der Waals surface area contributed by atoms with Crippen molar-refractivity contribution < 1.29 is 9.50 Å². The molecule has 0 bridgehead atoms. The number of hydrogen-bond donors (Lipinski definition) is 1. The van der Waals surface area contributed by atoms with Gasteiger partial charge in [-0.2, -0.15) is 0 Å². The number of hydrogen-bond acceptors (Lipinski definition) is 2. The zero-order valence-corrected chi connectivity index (χ0v) is 12.3. The molecule has 0 unspecified atom stereocenters. The van der Waals surface area contributed by atoms with Gasteiger partial charge in [-0.1, -0.05) is 18.6 Å². The SMILES string of the molecule is Cc1c(F)cccc1-c1nccn1[C@@H]1CCC[C@@H](CO)C1. The van der Waals surface area contributed by atoms with Crippen LogP contribution in [0.4, 0.5) is 4.39 Å². The van der Waals surface area contributed by atoms with E-state index in [0.717, 1.165) is 37.1 Å². The van der Waals surface area contributed by atoms with Gasteiger partial charge in [-0.25, -0.2) is 9.37 Å². The second kappa shape index (κ2) is 5.98. The van der Waals surface area contributed by atoms with Gasteiger partial charge in [-0.05, 0) is 43.7 Å². The maximum absolute atomic E-state index is 13.8. The van der Waals surface area contributed by atoms with Crippen molar-refractivity contribution in [3.63, 3.8) is 0 Å². The quantitative estimate of drug-likeness (QED) is 0.934. The molecule has 0 spiro atoms. The summed E-state index contributed by atoms with van der Waals surface area (Å²) in [5, 5.41) is 9.40. The lowest BCUT2D eigenvalue weighted by molar-refractivity contribution is 0.163. The van der Waals surface area contributed by atoms with Crippen LogP contribution in [-0.4, -0.2) is 21.3 Å². The molecule has 1 aromatic carbocycles. The van der Waals surface area contributed by atoms with Crippen molar-refractivity contribution in [2.75, 3.05) is 6.61 Å². The lowest BCUT2D eigenvalue weighted by atomic mass is 9.86. The van der Waals surface area contributed by atoms with Crippen LogP contribution in [0.5, 0.6) is 0 Å². The van der Waals surface area contributed by atoms with Crippen molar-refractivity contribution in [1.82, 2.24) is 9.55 Å². The van der Waals surface area contributed by atoms with E-state index in [1.807, 2.05) is 12.3 Å². The molecule has 1 N–H and O–H groups in total. The van der Waals surface area contributed by atoms with Crippen LogP contribution < -0.4 is 0 Å². The van der Waals surface area contributed by atoms with Crippen LogP contribution in [0.25, 0.3) is 11.4 Å². The topological polar surface area (TPSA) is 38.0 Å². The van der Waals surface area contributed by atoms with Crippen molar-refractivity contribution in [3.8, 4) is 11.4 Å².